The van der Waals surface area contributed by atoms with Crippen LogP contribution < -0.4 is 4.74 Å². The quantitative estimate of drug-likeness (QED) is 0.658. The predicted octanol–water partition coefficient (Wildman–Crippen LogP) is 2.62. The fourth-order valence-corrected chi connectivity index (χ4v) is 1.01. The number of hydrogen-bond donors (Lipinski definition) is 0. The topological polar surface area (TPSA) is 33.0 Å². The zero-order valence-electron chi connectivity index (χ0n) is 7.53. The number of benzene rings is 1. The van der Waals surface area contributed by atoms with Gasteiger partial charge in [-0.15, -0.1) is 0 Å². The SMILES string of the molecule is CCOc1cccc(/C=C/C#N)c1. The van der Waals surface area contributed by atoms with Crippen LogP contribution >= 0.6 is 0 Å². The van der Waals surface area contributed by atoms with Crippen LogP contribution in [0.5, 0.6) is 5.75 Å². The lowest BCUT2D eigenvalue weighted by Crippen LogP contribution is -1.90. The summed E-state index contributed by atoms with van der Waals surface area (Å²) in [5.41, 5.74) is 0.979. The smallest absolute Gasteiger partial charge is 0.119 e. The van der Waals surface area contributed by atoms with Gasteiger partial charge >= 0.3 is 0 Å². The molecule has 0 fully saturated rings. The lowest BCUT2D eigenvalue weighted by Gasteiger charge is -2.02. The summed E-state index contributed by atoms with van der Waals surface area (Å²) in [4.78, 5) is 0. The fourth-order valence-electron chi connectivity index (χ4n) is 1.01. The normalized spacial score (nSPS) is 9.85. The van der Waals surface area contributed by atoms with Gasteiger partial charge < -0.3 is 4.74 Å². The third-order valence-corrected chi connectivity index (χ3v) is 1.52. The molecule has 0 spiro atoms. The van der Waals surface area contributed by atoms with E-state index in [2.05, 4.69) is 0 Å². The molecule has 0 aliphatic rings. The standard InChI is InChI=1S/C11H11NO/c1-2-13-11-7-3-5-10(9-11)6-4-8-12/h3-7,9H,2H2,1H3/b6-4+. The Labute approximate surface area is 78.1 Å². The van der Waals surface area contributed by atoms with Crippen LogP contribution in [0.25, 0.3) is 6.08 Å². The third-order valence-electron chi connectivity index (χ3n) is 1.52. The molecule has 0 aromatic heterocycles. The van der Waals surface area contributed by atoms with Crippen LogP contribution in [0.4, 0.5) is 0 Å². The lowest BCUT2D eigenvalue weighted by molar-refractivity contribution is 0.340. The van der Waals surface area contributed by atoms with Crippen molar-refractivity contribution in [3.8, 4) is 11.8 Å². The molecule has 66 valence electrons. The fraction of sp³-hybridized carbons (Fsp3) is 0.182. The highest BCUT2D eigenvalue weighted by Gasteiger charge is 1.91. The molecular weight excluding hydrogens is 162 g/mol. The Morgan fingerprint density at radius 2 is 2.38 bits per heavy atom. The Morgan fingerprint density at radius 1 is 1.54 bits per heavy atom. The summed E-state index contributed by atoms with van der Waals surface area (Å²) in [6.07, 6.45) is 3.20. The van der Waals surface area contributed by atoms with Gasteiger partial charge in [-0.05, 0) is 30.7 Å². The molecule has 0 bridgehead atoms. The van der Waals surface area contributed by atoms with Gasteiger partial charge in [-0.3, -0.25) is 0 Å². The first-order valence-electron chi connectivity index (χ1n) is 4.16. The van der Waals surface area contributed by atoms with Crippen LogP contribution in [0.15, 0.2) is 30.3 Å². The summed E-state index contributed by atoms with van der Waals surface area (Å²) in [7, 11) is 0. The molecule has 0 amide bonds. The summed E-state index contributed by atoms with van der Waals surface area (Å²) in [5, 5.41) is 8.33. The Balaban J connectivity index is 2.80. The zero-order chi connectivity index (χ0) is 9.52. The largest absolute Gasteiger partial charge is 0.494 e. The highest BCUT2D eigenvalue weighted by atomic mass is 16.5. The van der Waals surface area contributed by atoms with Gasteiger partial charge in [-0.2, -0.15) is 5.26 Å². The van der Waals surface area contributed by atoms with Crippen molar-refractivity contribution in [2.75, 3.05) is 6.61 Å². The van der Waals surface area contributed by atoms with Crippen molar-refractivity contribution in [1.82, 2.24) is 0 Å². The molecule has 0 unspecified atom stereocenters. The van der Waals surface area contributed by atoms with E-state index in [0.29, 0.717) is 6.61 Å². The molecule has 0 heterocycles. The minimum absolute atomic E-state index is 0.658. The Bertz CT molecular complexity index is 336. The Kier molecular flexibility index (Phi) is 3.59. The molecule has 2 heteroatoms. The molecular formula is C11H11NO. The molecule has 1 aromatic rings. The van der Waals surface area contributed by atoms with E-state index in [0.717, 1.165) is 11.3 Å². The first-order valence-corrected chi connectivity index (χ1v) is 4.16. The van der Waals surface area contributed by atoms with E-state index in [1.165, 1.54) is 6.08 Å². The van der Waals surface area contributed by atoms with E-state index in [1.807, 2.05) is 37.3 Å². The van der Waals surface area contributed by atoms with Gasteiger partial charge in [0.25, 0.3) is 0 Å². The van der Waals surface area contributed by atoms with Gasteiger partial charge in [0.1, 0.15) is 5.75 Å². The average Bonchev–Trinajstić information content (AvgIpc) is 2.16. The lowest BCUT2D eigenvalue weighted by atomic mass is 10.2. The first-order chi connectivity index (χ1) is 6.36. The number of ether oxygens (including phenoxy) is 1. The molecule has 0 aliphatic heterocycles. The summed E-state index contributed by atoms with van der Waals surface area (Å²) in [6.45, 7) is 2.60. The second-order valence-electron chi connectivity index (χ2n) is 2.47. The monoisotopic (exact) mass is 173 g/mol. The Morgan fingerprint density at radius 3 is 3.08 bits per heavy atom. The van der Waals surface area contributed by atoms with Gasteiger partial charge in [0, 0.05) is 6.08 Å². The van der Waals surface area contributed by atoms with E-state index in [4.69, 9.17) is 10.00 Å². The van der Waals surface area contributed by atoms with E-state index in [-0.39, 0.29) is 0 Å². The van der Waals surface area contributed by atoms with Gasteiger partial charge in [0.05, 0.1) is 12.7 Å². The summed E-state index contributed by atoms with van der Waals surface area (Å²) >= 11 is 0. The first kappa shape index (κ1) is 9.34. The van der Waals surface area contributed by atoms with Crippen molar-refractivity contribution in [1.29, 1.82) is 5.26 Å². The number of allylic oxidation sites excluding steroid dienone is 1. The average molecular weight is 173 g/mol. The minimum Gasteiger partial charge on any atom is -0.494 e. The number of nitriles is 1. The van der Waals surface area contributed by atoms with E-state index >= 15 is 0 Å². The van der Waals surface area contributed by atoms with E-state index < -0.39 is 0 Å². The molecule has 1 aromatic carbocycles. The predicted molar refractivity (Wildman–Crippen MR) is 52.3 cm³/mol. The number of hydrogen-bond acceptors (Lipinski definition) is 2. The van der Waals surface area contributed by atoms with E-state index in [9.17, 15) is 0 Å². The Hall–Kier alpha value is -1.75. The molecule has 0 saturated carbocycles. The maximum absolute atomic E-state index is 8.33. The summed E-state index contributed by atoms with van der Waals surface area (Å²) in [6, 6.07) is 9.57. The number of nitrogens with zero attached hydrogens (tertiary/aromatic N) is 1. The van der Waals surface area contributed by atoms with Crippen LogP contribution in [0.2, 0.25) is 0 Å². The van der Waals surface area contributed by atoms with Crippen molar-refractivity contribution in [3.63, 3.8) is 0 Å². The van der Waals surface area contributed by atoms with Crippen molar-refractivity contribution < 1.29 is 4.74 Å². The van der Waals surface area contributed by atoms with Crippen LogP contribution in [0.3, 0.4) is 0 Å². The van der Waals surface area contributed by atoms with Gasteiger partial charge in [0.15, 0.2) is 0 Å². The third kappa shape index (κ3) is 3.00. The van der Waals surface area contributed by atoms with Crippen LogP contribution in [-0.4, -0.2) is 6.61 Å². The highest BCUT2D eigenvalue weighted by Crippen LogP contribution is 2.13. The minimum atomic E-state index is 0.658. The number of rotatable bonds is 3. The van der Waals surface area contributed by atoms with Gasteiger partial charge in [-0.25, -0.2) is 0 Å². The molecule has 0 atom stereocenters. The molecule has 0 radical (unpaired) electrons. The summed E-state index contributed by atoms with van der Waals surface area (Å²) in [5.74, 6) is 0.836. The van der Waals surface area contributed by atoms with Crippen molar-refractivity contribution in [2.45, 2.75) is 6.92 Å². The van der Waals surface area contributed by atoms with Crippen molar-refractivity contribution in [3.05, 3.63) is 35.9 Å². The van der Waals surface area contributed by atoms with Crippen LogP contribution in [0, 0.1) is 11.3 Å². The highest BCUT2D eigenvalue weighted by molar-refractivity contribution is 5.53. The van der Waals surface area contributed by atoms with Gasteiger partial charge in [-0.1, -0.05) is 12.1 Å². The maximum atomic E-state index is 8.33. The molecule has 1 rings (SSSR count). The molecule has 0 aliphatic carbocycles. The van der Waals surface area contributed by atoms with Crippen LogP contribution in [0.1, 0.15) is 12.5 Å². The molecule has 2 nitrogen and oxygen atoms in total. The second kappa shape index (κ2) is 5.00. The van der Waals surface area contributed by atoms with Crippen molar-refractivity contribution in [2.24, 2.45) is 0 Å². The van der Waals surface area contributed by atoms with Crippen molar-refractivity contribution >= 4 is 6.08 Å². The summed E-state index contributed by atoms with van der Waals surface area (Å²) < 4.78 is 5.31. The maximum Gasteiger partial charge on any atom is 0.119 e. The second-order valence-corrected chi connectivity index (χ2v) is 2.47. The molecule has 13 heavy (non-hydrogen) atoms. The van der Waals surface area contributed by atoms with Crippen LogP contribution in [-0.2, 0) is 0 Å². The van der Waals surface area contributed by atoms with Gasteiger partial charge in [0.2, 0.25) is 0 Å². The zero-order valence-corrected chi connectivity index (χ0v) is 7.53. The van der Waals surface area contributed by atoms with E-state index in [1.54, 1.807) is 6.08 Å². The molecule has 0 saturated heterocycles. The molecule has 0 N–H and O–H groups in total.